The maximum Gasteiger partial charge on any atom is 0.303 e. The fourth-order valence-corrected chi connectivity index (χ4v) is 4.27. The summed E-state index contributed by atoms with van der Waals surface area (Å²) in [4.78, 5) is 10.5. The molecule has 0 saturated carbocycles. The Morgan fingerprint density at radius 3 is 1.89 bits per heavy atom. The van der Waals surface area contributed by atoms with Gasteiger partial charge in [-0.3, -0.25) is 4.79 Å². The lowest BCUT2D eigenvalue weighted by molar-refractivity contribution is -0.137. The van der Waals surface area contributed by atoms with E-state index in [-0.39, 0.29) is 0 Å². The summed E-state index contributed by atoms with van der Waals surface area (Å²) in [6.07, 6.45) is 18.1. The zero-order chi connectivity index (χ0) is 20.6. The van der Waals surface area contributed by atoms with Crippen molar-refractivity contribution < 1.29 is 9.90 Å². The van der Waals surface area contributed by atoms with E-state index in [1.807, 2.05) is 0 Å². The molecule has 28 heavy (non-hydrogen) atoms. The molecule has 2 nitrogen and oxygen atoms in total. The molecule has 0 aliphatic rings. The van der Waals surface area contributed by atoms with Gasteiger partial charge in [0.1, 0.15) is 0 Å². The molecule has 0 heterocycles. The van der Waals surface area contributed by atoms with Crippen molar-refractivity contribution in [2.45, 2.75) is 123 Å². The van der Waals surface area contributed by atoms with Crippen LogP contribution in [0, 0.1) is 13.8 Å². The summed E-state index contributed by atoms with van der Waals surface area (Å²) < 4.78 is 0. The molecule has 160 valence electrons. The molecule has 1 N–H and O–H groups in total. The molecule has 0 spiro atoms. The topological polar surface area (TPSA) is 37.3 Å². The van der Waals surface area contributed by atoms with Crippen molar-refractivity contribution in [1.82, 2.24) is 0 Å². The zero-order valence-corrected chi connectivity index (χ0v) is 18.8. The third-order valence-electron chi connectivity index (χ3n) is 5.96. The van der Waals surface area contributed by atoms with Crippen LogP contribution in [0.3, 0.4) is 0 Å². The Hall–Kier alpha value is -1.31. The predicted octanol–water partition coefficient (Wildman–Crippen LogP) is 8.34. The number of carboxylic acid groups (broad SMARTS) is 1. The number of carbonyl (C=O) groups is 1. The average Bonchev–Trinajstić information content (AvgIpc) is 2.65. The fraction of sp³-hybridized carbons (Fsp3) is 0.731. The Bertz CT molecular complexity index is 535. The number of rotatable bonds is 17. The normalized spacial score (nSPS) is 12.2. The Balaban J connectivity index is 2.13. The third-order valence-corrected chi connectivity index (χ3v) is 5.96. The quantitative estimate of drug-likeness (QED) is 0.272. The molecule has 0 aliphatic carbocycles. The van der Waals surface area contributed by atoms with E-state index in [1.54, 1.807) is 5.56 Å². The van der Waals surface area contributed by atoms with Crippen LogP contribution in [0.15, 0.2) is 18.2 Å². The summed E-state index contributed by atoms with van der Waals surface area (Å²) in [5.74, 6) is 0.0841. The SMILES string of the molecule is CCCCC(CCCCCCCCCCCCC(=O)O)c1ccc(C)cc1C. The highest BCUT2D eigenvalue weighted by molar-refractivity contribution is 5.66. The van der Waals surface area contributed by atoms with Crippen LogP contribution in [0.25, 0.3) is 0 Å². The Kier molecular flexibility index (Phi) is 13.8. The van der Waals surface area contributed by atoms with Gasteiger partial charge in [-0.25, -0.2) is 0 Å². The number of carboxylic acids is 1. The summed E-state index contributed by atoms with van der Waals surface area (Å²) in [6, 6.07) is 7.00. The van der Waals surface area contributed by atoms with Crippen molar-refractivity contribution in [3.63, 3.8) is 0 Å². The smallest absolute Gasteiger partial charge is 0.303 e. The van der Waals surface area contributed by atoms with Crippen LogP contribution in [-0.4, -0.2) is 11.1 Å². The summed E-state index contributed by atoms with van der Waals surface area (Å²) in [7, 11) is 0. The van der Waals surface area contributed by atoms with Crippen molar-refractivity contribution >= 4 is 5.97 Å². The first-order valence-corrected chi connectivity index (χ1v) is 11.8. The van der Waals surface area contributed by atoms with E-state index in [2.05, 4.69) is 39.0 Å². The molecule has 0 fully saturated rings. The predicted molar refractivity (Wildman–Crippen MR) is 121 cm³/mol. The maximum absolute atomic E-state index is 10.5. The van der Waals surface area contributed by atoms with Crippen molar-refractivity contribution in [2.24, 2.45) is 0 Å². The Labute approximate surface area is 174 Å². The second kappa shape index (κ2) is 15.6. The fourth-order valence-electron chi connectivity index (χ4n) is 4.27. The van der Waals surface area contributed by atoms with E-state index in [9.17, 15) is 4.79 Å². The van der Waals surface area contributed by atoms with E-state index in [0.29, 0.717) is 6.42 Å². The number of aryl methyl sites for hydroxylation is 2. The van der Waals surface area contributed by atoms with E-state index in [0.717, 1.165) is 18.8 Å². The summed E-state index contributed by atoms with van der Waals surface area (Å²) in [5.41, 5.74) is 4.43. The highest BCUT2D eigenvalue weighted by Gasteiger charge is 2.13. The molecule has 1 aromatic rings. The van der Waals surface area contributed by atoms with Gasteiger partial charge in [-0.05, 0) is 50.2 Å². The average molecular weight is 389 g/mol. The van der Waals surface area contributed by atoms with Crippen LogP contribution in [0.4, 0.5) is 0 Å². The van der Waals surface area contributed by atoms with Gasteiger partial charge in [0, 0.05) is 6.42 Å². The van der Waals surface area contributed by atoms with Crippen LogP contribution in [-0.2, 0) is 4.79 Å². The zero-order valence-electron chi connectivity index (χ0n) is 18.8. The molecule has 0 bridgehead atoms. The van der Waals surface area contributed by atoms with Crippen molar-refractivity contribution in [1.29, 1.82) is 0 Å². The van der Waals surface area contributed by atoms with Crippen molar-refractivity contribution in [3.05, 3.63) is 34.9 Å². The molecule has 1 atom stereocenters. The van der Waals surface area contributed by atoms with Gasteiger partial charge in [0.2, 0.25) is 0 Å². The molecule has 1 aromatic carbocycles. The number of hydrogen-bond donors (Lipinski definition) is 1. The highest BCUT2D eigenvalue weighted by Crippen LogP contribution is 2.31. The standard InChI is InChI=1S/C26H44O2/c1-4-5-16-24(25-20-19-22(2)21-23(25)3)17-14-12-10-8-6-7-9-11-13-15-18-26(27)28/h19-21,24H,4-18H2,1-3H3,(H,27,28). The number of benzene rings is 1. The third kappa shape index (κ3) is 11.5. The second-order valence-electron chi connectivity index (χ2n) is 8.67. The Morgan fingerprint density at radius 1 is 0.821 bits per heavy atom. The minimum absolute atomic E-state index is 0.335. The lowest BCUT2D eigenvalue weighted by Crippen LogP contribution is -2.02. The first-order valence-electron chi connectivity index (χ1n) is 11.8. The van der Waals surface area contributed by atoms with Crippen molar-refractivity contribution in [2.75, 3.05) is 0 Å². The monoisotopic (exact) mass is 388 g/mol. The molecule has 0 amide bonds. The van der Waals surface area contributed by atoms with Crippen LogP contribution in [0.2, 0.25) is 0 Å². The lowest BCUT2D eigenvalue weighted by Gasteiger charge is -2.20. The summed E-state index contributed by atoms with van der Waals surface area (Å²) in [5, 5.41) is 8.62. The first kappa shape index (κ1) is 24.7. The van der Waals surface area contributed by atoms with Crippen LogP contribution < -0.4 is 0 Å². The van der Waals surface area contributed by atoms with Gasteiger partial charge in [-0.1, -0.05) is 101 Å². The van der Waals surface area contributed by atoms with E-state index in [4.69, 9.17) is 5.11 Å². The highest BCUT2D eigenvalue weighted by atomic mass is 16.4. The van der Waals surface area contributed by atoms with Gasteiger partial charge in [0.25, 0.3) is 0 Å². The van der Waals surface area contributed by atoms with E-state index < -0.39 is 5.97 Å². The molecule has 1 unspecified atom stereocenters. The van der Waals surface area contributed by atoms with Gasteiger partial charge >= 0.3 is 5.97 Å². The number of hydrogen-bond acceptors (Lipinski definition) is 1. The molecule has 0 aromatic heterocycles. The Morgan fingerprint density at radius 2 is 1.36 bits per heavy atom. The summed E-state index contributed by atoms with van der Waals surface area (Å²) in [6.45, 7) is 6.77. The second-order valence-corrected chi connectivity index (χ2v) is 8.67. The van der Waals surface area contributed by atoms with Gasteiger partial charge in [0.05, 0.1) is 0 Å². The van der Waals surface area contributed by atoms with Gasteiger partial charge in [-0.2, -0.15) is 0 Å². The van der Waals surface area contributed by atoms with Crippen molar-refractivity contribution in [3.8, 4) is 0 Å². The largest absolute Gasteiger partial charge is 0.481 e. The van der Waals surface area contributed by atoms with Crippen LogP contribution >= 0.6 is 0 Å². The van der Waals surface area contributed by atoms with Crippen LogP contribution in [0.5, 0.6) is 0 Å². The lowest BCUT2D eigenvalue weighted by atomic mass is 9.85. The number of aliphatic carboxylic acids is 1. The molecular weight excluding hydrogens is 344 g/mol. The molecule has 2 heteroatoms. The molecular formula is C26H44O2. The minimum Gasteiger partial charge on any atom is -0.481 e. The van der Waals surface area contributed by atoms with Gasteiger partial charge in [-0.15, -0.1) is 0 Å². The van der Waals surface area contributed by atoms with E-state index >= 15 is 0 Å². The molecule has 0 radical (unpaired) electrons. The molecule has 0 saturated heterocycles. The summed E-state index contributed by atoms with van der Waals surface area (Å²) >= 11 is 0. The molecule has 1 rings (SSSR count). The van der Waals surface area contributed by atoms with Gasteiger partial charge < -0.3 is 5.11 Å². The maximum atomic E-state index is 10.5. The van der Waals surface area contributed by atoms with Gasteiger partial charge in [0.15, 0.2) is 0 Å². The minimum atomic E-state index is -0.658. The molecule has 0 aliphatic heterocycles. The van der Waals surface area contributed by atoms with Crippen LogP contribution in [0.1, 0.15) is 126 Å². The van der Waals surface area contributed by atoms with E-state index in [1.165, 1.54) is 88.2 Å². The number of unbranched alkanes of at least 4 members (excludes halogenated alkanes) is 10. The first-order chi connectivity index (χ1) is 13.5.